The Morgan fingerprint density at radius 3 is 3.00 bits per heavy atom. The molecule has 1 saturated heterocycles. The third-order valence-corrected chi connectivity index (χ3v) is 4.27. The van der Waals surface area contributed by atoms with Crippen molar-refractivity contribution in [3.8, 4) is 0 Å². The van der Waals surface area contributed by atoms with E-state index in [0.29, 0.717) is 18.1 Å². The Balaban J connectivity index is 1.60. The van der Waals surface area contributed by atoms with E-state index in [1.54, 1.807) is 24.4 Å². The maximum absolute atomic E-state index is 13.6. The molecule has 126 valence electrons. The number of nitrogens with one attached hydrogen (secondary N) is 1. The van der Waals surface area contributed by atoms with Crippen LogP contribution in [0.4, 0.5) is 10.3 Å². The SMILES string of the molecule is Cc1ccnc(N2CCC[C@@H](C(=O)NCc3ccccc3F)C2)n1. The fourth-order valence-electron chi connectivity index (χ4n) is 2.93. The molecule has 2 aromatic rings. The van der Waals surface area contributed by atoms with E-state index in [9.17, 15) is 9.18 Å². The number of carbonyl (C=O) groups is 1. The predicted octanol–water partition coefficient (Wildman–Crippen LogP) is 2.46. The number of anilines is 1. The van der Waals surface area contributed by atoms with Crippen molar-refractivity contribution in [2.24, 2.45) is 5.92 Å². The van der Waals surface area contributed by atoms with Crippen molar-refractivity contribution in [2.75, 3.05) is 18.0 Å². The largest absolute Gasteiger partial charge is 0.352 e. The minimum Gasteiger partial charge on any atom is -0.352 e. The topological polar surface area (TPSA) is 58.1 Å². The van der Waals surface area contributed by atoms with Crippen molar-refractivity contribution in [3.05, 3.63) is 53.6 Å². The first-order valence-corrected chi connectivity index (χ1v) is 8.19. The van der Waals surface area contributed by atoms with Gasteiger partial charge in [0.25, 0.3) is 0 Å². The second-order valence-electron chi connectivity index (χ2n) is 6.09. The Kier molecular flexibility index (Phi) is 5.03. The van der Waals surface area contributed by atoms with Gasteiger partial charge in [-0.1, -0.05) is 18.2 Å². The van der Waals surface area contributed by atoms with Crippen molar-refractivity contribution in [1.82, 2.24) is 15.3 Å². The molecule has 2 heterocycles. The van der Waals surface area contributed by atoms with Crippen LogP contribution in [0.5, 0.6) is 0 Å². The van der Waals surface area contributed by atoms with Crippen molar-refractivity contribution in [1.29, 1.82) is 0 Å². The molecule has 6 heteroatoms. The molecule has 5 nitrogen and oxygen atoms in total. The van der Waals surface area contributed by atoms with E-state index in [4.69, 9.17) is 0 Å². The fraction of sp³-hybridized carbons (Fsp3) is 0.389. The minimum absolute atomic E-state index is 0.0457. The molecule has 1 atom stereocenters. The number of halogens is 1. The van der Waals surface area contributed by atoms with E-state index in [-0.39, 0.29) is 24.2 Å². The number of hydrogen-bond acceptors (Lipinski definition) is 4. The zero-order valence-corrected chi connectivity index (χ0v) is 13.7. The lowest BCUT2D eigenvalue weighted by molar-refractivity contribution is -0.125. The molecule has 0 saturated carbocycles. The molecular formula is C18H21FN4O. The molecule has 1 fully saturated rings. The Hall–Kier alpha value is -2.50. The number of benzene rings is 1. The summed E-state index contributed by atoms with van der Waals surface area (Å²) in [5, 5.41) is 2.85. The first-order valence-electron chi connectivity index (χ1n) is 8.19. The standard InChI is InChI=1S/C18H21FN4O/c1-13-8-9-20-18(22-13)23-10-4-6-15(12-23)17(24)21-11-14-5-2-3-7-16(14)19/h2-3,5,7-9,15H,4,6,10-12H2,1H3,(H,21,24)/t15-/m1/s1. The van der Waals surface area contributed by atoms with Crippen LogP contribution in [0.1, 0.15) is 24.1 Å². The number of aromatic nitrogens is 2. The third kappa shape index (κ3) is 3.88. The van der Waals surface area contributed by atoms with Crippen LogP contribution in [0.3, 0.4) is 0 Å². The van der Waals surface area contributed by atoms with Gasteiger partial charge >= 0.3 is 0 Å². The molecular weight excluding hydrogens is 307 g/mol. The van der Waals surface area contributed by atoms with Crippen LogP contribution in [0.25, 0.3) is 0 Å². The van der Waals surface area contributed by atoms with Crippen molar-refractivity contribution < 1.29 is 9.18 Å². The quantitative estimate of drug-likeness (QED) is 0.937. The summed E-state index contributed by atoms with van der Waals surface area (Å²) in [6, 6.07) is 8.35. The summed E-state index contributed by atoms with van der Waals surface area (Å²) in [5.74, 6) is 0.197. The second kappa shape index (κ2) is 7.38. The summed E-state index contributed by atoms with van der Waals surface area (Å²) in [4.78, 5) is 23.2. The molecule has 1 amide bonds. The number of aryl methyl sites for hydroxylation is 1. The van der Waals surface area contributed by atoms with Crippen molar-refractivity contribution >= 4 is 11.9 Å². The van der Waals surface area contributed by atoms with Crippen molar-refractivity contribution in [2.45, 2.75) is 26.3 Å². The molecule has 1 aliphatic heterocycles. The van der Waals surface area contributed by atoms with Gasteiger partial charge in [0.2, 0.25) is 11.9 Å². The van der Waals surface area contributed by atoms with Crippen LogP contribution in [0, 0.1) is 18.7 Å². The number of hydrogen-bond donors (Lipinski definition) is 1. The van der Waals surface area contributed by atoms with E-state index >= 15 is 0 Å². The van der Waals surface area contributed by atoms with Crippen LogP contribution in [-0.2, 0) is 11.3 Å². The first-order chi connectivity index (χ1) is 11.6. The Morgan fingerprint density at radius 1 is 1.38 bits per heavy atom. The smallest absolute Gasteiger partial charge is 0.225 e. The number of rotatable bonds is 4. The van der Waals surface area contributed by atoms with Gasteiger partial charge in [-0.2, -0.15) is 0 Å². The van der Waals surface area contributed by atoms with E-state index in [1.807, 2.05) is 17.9 Å². The summed E-state index contributed by atoms with van der Waals surface area (Å²) in [7, 11) is 0. The lowest BCUT2D eigenvalue weighted by Gasteiger charge is -2.32. The summed E-state index contributed by atoms with van der Waals surface area (Å²) >= 11 is 0. The molecule has 0 bridgehead atoms. The first kappa shape index (κ1) is 16.4. The lowest BCUT2D eigenvalue weighted by Crippen LogP contribution is -2.43. The molecule has 0 unspecified atom stereocenters. The molecule has 1 N–H and O–H groups in total. The van der Waals surface area contributed by atoms with E-state index in [2.05, 4.69) is 15.3 Å². The zero-order valence-electron chi connectivity index (χ0n) is 13.7. The summed E-state index contributed by atoms with van der Waals surface area (Å²) < 4.78 is 13.6. The maximum Gasteiger partial charge on any atom is 0.225 e. The Morgan fingerprint density at radius 2 is 2.21 bits per heavy atom. The number of carbonyl (C=O) groups excluding carboxylic acids is 1. The molecule has 24 heavy (non-hydrogen) atoms. The monoisotopic (exact) mass is 328 g/mol. The van der Waals surface area contributed by atoms with Gasteiger partial charge in [-0.15, -0.1) is 0 Å². The molecule has 0 radical (unpaired) electrons. The molecule has 1 aliphatic rings. The maximum atomic E-state index is 13.6. The van der Waals surface area contributed by atoms with E-state index in [1.165, 1.54) is 6.07 Å². The van der Waals surface area contributed by atoms with Gasteiger partial charge in [-0.25, -0.2) is 14.4 Å². The van der Waals surface area contributed by atoms with Crippen LogP contribution < -0.4 is 10.2 Å². The number of nitrogens with zero attached hydrogens (tertiary/aromatic N) is 3. The summed E-state index contributed by atoms with van der Waals surface area (Å²) in [6.45, 7) is 3.57. The second-order valence-corrected chi connectivity index (χ2v) is 6.09. The van der Waals surface area contributed by atoms with Crippen LogP contribution in [0.15, 0.2) is 36.5 Å². The van der Waals surface area contributed by atoms with E-state index in [0.717, 1.165) is 25.1 Å². The van der Waals surface area contributed by atoms with Gasteiger partial charge in [0.15, 0.2) is 0 Å². The minimum atomic E-state index is -0.295. The highest BCUT2D eigenvalue weighted by Crippen LogP contribution is 2.20. The fourth-order valence-corrected chi connectivity index (χ4v) is 2.93. The van der Waals surface area contributed by atoms with Gasteiger partial charge in [0, 0.05) is 37.1 Å². The highest BCUT2D eigenvalue weighted by Gasteiger charge is 2.27. The molecule has 3 rings (SSSR count). The van der Waals surface area contributed by atoms with Crippen molar-refractivity contribution in [3.63, 3.8) is 0 Å². The molecule has 1 aromatic carbocycles. The van der Waals surface area contributed by atoms with Crippen LogP contribution >= 0.6 is 0 Å². The molecule has 0 aliphatic carbocycles. The van der Waals surface area contributed by atoms with Gasteiger partial charge in [0.05, 0.1) is 5.92 Å². The normalized spacial score (nSPS) is 17.6. The average molecular weight is 328 g/mol. The Labute approximate surface area is 140 Å². The van der Waals surface area contributed by atoms with Gasteiger partial charge in [-0.05, 0) is 31.9 Å². The summed E-state index contributed by atoms with van der Waals surface area (Å²) in [5.41, 5.74) is 1.41. The lowest BCUT2D eigenvalue weighted by atomic mass is 9.97. The number of piperidine rings is 1. The predicted molar refractivity (Wildman–Crippen MR) is 90.0 cm³/mol. The summed E-state index contributed by atoms with van der Waals surface area (Å²) in [6.07, 6.45) is 3.47. The molecule has 1 aromatic heterocycles. The van der Waals surface area contributed by atoms with Gasteiger partial charge in [-0.3, -0.25) is 4.79 Å². The molecule has 0 spiro atoms. The Bertz CT molecular complexity index is 722. The average Bonchev–Trinajstić information content (AvgIpc) is 2.61. The highest BCUT2D eigenvalue weighted by atomic mass is 19.1. The number of amides is 1. The third-order valence-electron chi connectivity index (χ3n) is 4.27. The van der Waals surface area contributed by atoms with Gasteiger partial charge in [0.1, 0.15) is 5.82 Å². The van der Waals surface area contributed by atoms with Gasteiger partial charge < -0.3 is 10.2 Å². The van der Waals surface area contributed by atoms with E-state index < -0.39 is 0 Å². The van der Waals surface area contributed by atoms with Crippen LogP contribution in [-0.4, -0.2) is 29.0 Å². The highest BCUT2D eigenvalue weighted by molar-refractivity contribution is 5.79. The zero-order chi connectivity index (χ0) is 16.9. The van der Waals surface area contributed by atoms with Crippen LogP contribution in [0.2, 0.25) is 0 Å².